The number of nitrogens with two attached hydrogens (primary N) is 1. The Morgan fingerprint density at radius 1 is 1.47 bits per heavy atom. The van der Waals surface area contributed by atoms with Crippen molar-refractivity contribution < 1.29 is 0 Å². The predicted molar refractivity (Wildman–Crippen MR) is 61.9 cm³/mol. The van der Waals surface area contributed by atoms with Crippen molar-refractivity contribution in [1.82, 2.24) is 9.78 Å². The maximum Gasteiger partial charge on any atom is 0.124 e. The van der Waals surface area contributed by atoms with Crippen LogP contribution in [0.15, 0.2) is 30.5 Å². The molecule has 0 saturated carbocycles. The van der Waals surface area contributed by atoms with E-state index < -0.39 is 0 Å². The van der Waals surface area contributed by atoms with Gasteiger partial charge in [0.15, 0.2) is 0 Å². The van der Waals surface area contributed by atoms with Crippen LogP contribution in [0, 0.1) is 0 Å². The van der Waals surface area contributed by atoms with Gasteiger partial charge in [0.2, 0.25) is 0 Å². The minimum atomic E-state index is 0.704. The molecule has 2 rings (SSSR count). The number of nitrogens with zero attached hydrogens (tertiary/aromatic N) is 2. The van der Waals surface area contributed by atoms with Crippen molar-refractivity contribution in [2.45, 2.75) is 6.42 Å². The van der Waals surface area contributed by atoms with Gasteiger partial charge in [-0.3, -0.25) is 4.68 Å². The first-order valence-electron chi connectivity index (χ1n) is 4.67. The van der Waals surface area contributed by atoms with Crippen LogP contribution in [0.25, 0.3) is 0 Å². The number of rotatable bonds is 2. The van der Waals surface area contributed by atoms with Crippen LogP contribution in [-0.2, 0) is 13.5 Å². The number of anilines is 1. The number of halogens is 1. The quantitative estimate of drug-likeness (QED) is 0.846. The van der Waals surface area contributed by atoms with Crippen LogP contribution < -0.4 is 5.73 Å². The molecule has 0 amide bonds. The Balaban J connectivity index is 2.26. The van der Waals surface area contributed by atoms with Crippen LogP contribution in [-0.4, -0.2) is 9.78 Å². The highest BCUT2D eigenvalue weighted by Crippen LogP contribution is 2.17. The van der Waals surface area contributed by atoms with Crippen LogP contribution in [0.3, 0.4) is 0 Å². The van der Waals surface area contributed by atoms with E-state index >= 15 is 0 Å². The molecule has 78 valence electrons. The molecular formula is C11H12ClN3. The van der Waals surface area contributed by atoms with Gasteiger partial charge in [-0.1, -0.05) is 23.7 Å². The first-order chi connectivity index (χ1) is 7.16. The largest absolute Gasteiger partial charge is 0.384 e. The third-order valence-electron chi connectivity index (χ3n) is 2.35. The summed E-state index contributed by atoms with van der Waals surface area (Å²) in [5.41, 5.74) is 8.02. The molecule has 0 aliphatic heterocycles. The lowest BCUT2D eigenvalue weighted by Crippen LogP contribution is -2.00. The monoisotopic (exact) mass is 221 g/mol. The van der Waals surface area contributed by atoms with E-state index in [1.54, 1.807) is 10.9 Å². The molecule has 1 aromatic carbocycles. The molecule has 0 spiro atoms. The van der Waals surface area contributed by atoms with Gasteiger partial charge in [0.25, 0.3) is 0 Å². The number of benzene rings is 1. The first-order valence-corrected chi connectivity index (χ1v) is 5.05. The summed E-state index contributed by atoms with van der Waals surface area (Å²) in [5, 5.41) is 4.84. The highest BCUT2D eigenvalue weighted by atomic mass is 35.5. The third kappa shape index (κ3) is 2.13. The van der Waals surface area contributed by atoms with Crippen LogP contribution in [0.2, 0.25) is 5.02 Å². The summed E-state index contributed by atoms with van der Waals surface area (Å²) in [7, 11) is 1.83. The second-order valence-electron chi connectivity index (χ2n) is 3.49. The average Bonchev–Trinajstić information content (AvgIpc) is 2.50. The maximum absolute atomic E-state index is 5.90. The van der Waals surface area contributed by atoms with Crippen molar-refractivity contribution in [3.63, 3.8) is 0 Å². The third-order valence-corrected chi connectivity index (χ3v) is 2.58. The second kappa shape index (κ2) is 3.95. The maximum atomic E-state index is 5.90. The Morgan fingerprint density at radius 3 is 2.87 bits per heavy atom. The normalized spacial score (nSPS) is 10.5. The summed E-state index contributed by atoms with van der Waals surface area (Å²) in [6, 6.07) is 7.76. The molecule has 2 aromatic rings. The Bertz CT molecular complexity index is 476. The zero-order valence-corrected chi connectivity index (χ0v) is 9.20. The highest BCUT2D eigenvalue weighted by molar-refractivity contribution is 6.30. The molecule has 15 heavy (non-hydrogen) atoms. The fourth-order valence-corrected chi connectivity index (χ4v) is 1.71. The molecule has 0 aliphatic rings. The molecule has 1 aromatic heterocycles. The van der Waals surface area contributed by atoms with E-state index in [1.807, 2.05) is 31.3 Å². The number of aryl methyl sites for hydroxylation is 1. The SMILES string of the molecule is Cn1ncc(Cc2cccc(Cl)c2)c1N. The Morgan fingerprint density at radius 2 is 2.27 bits per heavy atom. The molecule has 3 nitrogen and oxygen atoms in total. The van der Waals surface area contributed by atoms with E-state index in [0.29, 0.717) is 5.82 Å². The van der Waals surface area contributed by atoms with Crippen LogP contribution >= 0.6 is 11.6 Å². The van der Waals surface area contributed by atoms with Gasteiger partial charge in [-0.15, -0.1) is 0 Å². The standard InChI is InChI=1S/C11H12ClN3/c1-15-11(13)9(7-14-15)5-8-3-2-4-10(12)6-8/h2-4,6-7H,5,13H2,1H3. The Kier molecular flexibility index (Phi) is 2.64. The average molecular weight is 222 g/mol. The van der Waals surface area contributed by atoms with E-state index in [9.17, 15) is 0 Å². The molecule has 0 atom stereocenters. The van der Waals surface area contributed by atoms with Crippen molar-refractivity contribution >= 4 is 17.4 Å². The molecular weight excluding hydrogens is 210 g/mol. The minimum absolute atomic E-state index is 0.704. The van der Waals surface area contributed by atoms with Gasteiger partial charge in [0.05, 0.1) is 6.20 Å². The van der Waals surface area contributed by atoms with E-state index in [-0.39, 0.29) is 0 Å². The zero-order chi connectivity index (χ0) is 10.8. The molecule has 0 saturated heterocycles. The van der Waals surface area contributed by atoms with Gasteiger partial charge in [-0.25, -0.2) is 0 Å². The lowest BCUT2D eigenvalue weighted by atomic mass is 10.1. The van der Waals surface area contributed by atoms with Gasteiger partial charge in [-0.05, 0) is 17.7 Å². The Labute approximate surface area is 93.5 Å². The van der Waals surface area contributed by atoms with Crippen molar-refractivity contribution in [3.8, 4) is 0 Å². The topological polar surface area (TPSA) is 43.8 Å². The zero-order valence-electron chi connectivity index (χ0n) is 8.44. The van der Waals surface area contributed by atoms with Gasteiger partial charge in [-0.2, -0.15) is 5.10 Å². The number of hydrogen-bond donors (Lipinski definition) is 1. The summed E-state index contributed by atoms with van der Waals surface area (Å²) < 4.78 is 1.67. The number of nitrogen functional groups attached to an aromatic ring is 1. The molecule has 0 bridgehead atoms. The van der Waals surface area contributed by atoms with Crippen molar-refractivity contribution in [3.05, 3.63) is 46.6 Å². The highest BCUT2D eigenvalue weighted by Gasteiger charge is 2.05. The van der Waals surface area contributed by atoms with Gasteiger partial charge >= 0.3 is 0 Å². The van der Waals surface area contributed by atoms with Crippen LogP contribution in [0.5, 0.6) is 0 Å². The molecule has 0 unspecified atom stereocenters. The number of hydrogen-bond acceptors (Lipinski definition) is 2. The van der Waals surface area contributed by atoms with E-state index in [1.165, 1.54) is 0 Å². The van der Waals surface area contributed by atoms with Gasteiger partial charge in [0, 0.05) is 24.1 Å². The van der Waals surface area contributed by atoms with Crippen molar-refractivity contribution in [2.75, 3.05) is 5.73 Å². The second-order valence-corrected chi connectivity index (χ2v) is 3.92. The van der Waals surface area contributed by atoms with Crippen LogP contribution in [0.4, 0.5) is 5.82 Å². The summed E-state index contributed by atoms with van der Waals surface area (Å²) in [6.07, 6.45) is 2.55. The lowest BCUT2D eigenvalue weighted by molar-refractivity contribution is 0.778. The summed E-state index contributed by atoms with van der Waals surface area (Å²) >= 11 is 5.90. The van der Waals surface area contributed by atoms with E-state index in [4.69, 9.17) is 17.3 Å². The number of aromatic nitrogens is 2. The van der Waals surface area contributed by atoms with Crippen LogP contribution in [0.1, 0.15) is 11.1 Å². The van der Waals surface area contributed by atoms with Crippen molar-refractivity contribution in [2.24, 2.45) is 7.05 Å². The molecule has 2 N–H and O–H groups in total. The molecule has 0 radical (unpaired) electrons. The smallest absolute Gasteiger partial charge is 0.124 e. The van der Waals surface area contributed by atoms with E-state index in [0.717, 1.165) is 22.6 Å². The van der Waals surface area contributed by atoms with Crippen molar-refractivity contribution in [1.29, 1.82) is 0 Å². The van der Waals surface area contributed by atoms with Gasteiger partial charge in [0.1, 0.15) is 5.82 Å². The summed E-state index contributed by atoms with van der Waals surface area (Å²) in [5.74, 6) is 0.704. The predicted octanol–water partition coefficient (Wildman–Crippen LogP) is 2.25. The molecule has 0 aliphatic carbocycles. The molecule has 1 heterocycles. The minimum Gasteiger partial charge on any atom is -0.384 e. The molecule has 0 fully saturated rings. The van der Waals surface area contributed by atoms with Gasteiger partial charge < -0.3 is 5.73 Å². The fourth-order valence-electron chi connectivity index (χ4n) is 1.50. The molecule has 4 heteroatoms. The first kappa shape index (κ1) is 10.1. The van der Waals surface area contributed by atoms with E-state index in [2.05, 4.69) is 5.10 Å². The fraction of sp³-hybridized carbons (Fsp3) is 0.182. The Hall–Kier alpha value is -1.48. The summed E-state index contributed by atoms with van der Waals surface area (Å²) in [4.78, 5) is 0. The summed E-state index contributed by atoms with van der Waals surface area (Å²) in [6.45, 7) is 0. The lowest BCUT2D eigenvalue weighted by Gasteiger charge is -2.01.